The van der Waals surface area contributed by atoms with Crippen molar-refractivity contribution in [2.24, 2.45) is 0 Å². The minimum Gasteiger partial charge on any atom is -0.456 e. The van der Waals surface area contributed by atoms with Crippen LogP contribution in [-0.4, -0.2) is 0 Å². The number of furan rings is 3. The predicted octanol–water partition coefficient (Wildman–Crippen LogP) is 19.4. The zero-order chi connectivity index (χ0) is 48.9. The molecule has 3 aliphatic carbocycles. The standard InChI is InChI=1S/C69H49NO3/c1-67(2)50-31-32-60-64(45-20-11-14-24-57(45)72-60)63(50)49-37-53-47(35-54(49)67)41-29-27-39(33-51(41)68(53,3)4)70(38-17-8-7-9-18-38)40-28-30-43-52(34-40)69(5,6)55-36-48(66-65(62(43)55)46-21-12-15-25-58(46)73-66)42-22-16-26-59-61(42)44-19-10-13-23-56(44)71-59/h7-37H,1-6H3. The highest BCUT2D eigenvalue weighted by molar-refractivity contribution is 6.22. The Labute approximate surface area is 422 Å². The van der Waals surface area contributed by atoms with Crippen molar-refractivity contribution in [1.82, 2.24) is 0 Å². The number of anilines is 3. The van der Waals surface area contributed by atoms with Crippen LogP contribution in [-0.2, 0) is 16.2 Å². The van der Waals surface area contributed by atoms with E-state index >= 15 is 0 Å². The lowest BCUT2D eigenvalue weighted by molar-refractivity contribution is 0.651. The molecule has 16 rings (SSSR count). The summed E-state index contributed by atoms with van der Waals surface area (Å²) in [5.41, 5.74) is 26.0. The van der Waals surface area contributed by atoms with Crippen LogP contribution >= 0.6 is 0 Å². The summed E-state index contributed by atoms with van der Waals surface area (Å²) in [6.45, 7) is 14.4. The molecule has 0 spiro atoms. The average Bonchev–Trinajstić information content (AvgIpc) is 4.23. The van der Waals surface area contributed by atoms with Gasteiger partial charge in [0.15, 0.2) is 0 Å². The summed E-state index contributed by atoms with van der Waals surface area (Å²) >= 11 is 0. The molecule has 4 nitrogen and oxygen atoms in total. The van der Waals surface area contributed by atoms with E-state index in [0.29, 0.717) is 0 Å². The molecule has 13 aromatic rings. The lowest BCUT2D eigenvalue weighted by Gasteiger charge is -2.29. The first-order chi connectivity index (χ1) is 35.5. The first-order valence-electron chi connectivity index (χ1n) is 25.7. The van der Waals surface area contributed by atoms with Crippen molar-refractivity contribution in [3.05, 3.63) is 221 Å². The quantitative estimate of drug-likeness (QED) is 0.176. The lowest BCUT2D eigenvalue weighted by atomic mass is 9.79. The maximum atomic E-state index is 6.97. The molecule has 0 aliphatic heterocycles. The van der Waals surface area contributed by atoms with E-state index in [0.717, 1.165) is 83.2 Å². The van der Waals surface area contributed by atoms with Crippen LogP contribution in [0.3, 0.4) is 0 Å². The molecule has 0 N–H and O–H groups in total. The normalized spacial score (nSPS) is 15.3. The van der Waals surface area contributed by atoms with Gasteiger partial charge in [0, 0.05) is 71.2 Å². The van der Waals surface area contributed by atoms with E-state index < -0.39 is 0 Å². The highest BCUT2D eigenvalue weighted by atomic mass is 16.3. The van der Waals surface area contributed by atoms with Crippen molar-refractivity contribution in [2.75, 3.05) is 4.90 Å². The minimum atomic E-state index is -0.348. The Morgan fingerprint density at radius 3 is 1.49 bits per heavy atom. The summed E-state index contributed by atoms with van der Waals surface area (Å²) in [6.07, 6.45) is 0. The van der Waals surface area contributed by atoms with E-state index in [1.165, 1.54) is 77.5 Å². The van der Waals surface area contributed by atoms with E-state index in [1.807, 2.05) is 6.07 Å². The fourth-order valence-electron chi connectivity index (χ4n) is 13.8. The van der Waals surface area contributed by atoms with Gasteiger partial charge < -0.3 is 18.2 Å². The fourth-order valence-corrected chi connectivity index (χ4v) is 13.8. The molecule has 0 bridgehead atoms. The molecule has 73 heavy (non-hydrogen) atoms. The van der Waals surface area contributed by atoms with E-state index in [2.05, 4.69) is 228 Å². The highest BCUT2D eigenvalue weighted by Crippen LogP contribution is 2.60. The molecular weight excluding hydrogens is 891 g/mol. The summed E-state index contributed by atoms with van der Waals surface area (Å²) < 4.78 is 19.9. The first kappa shape index (κ1) is 41.1. The second kappa shape index (κ2) is 13.9. The van der Waals surface area contributed by atoms with Crippen LogP contribution in [0.4, 0.5) is 17.1 Å². The maximum Gasteiger partial charge on any atom is 0.143 e. The molecule has 3 aliphatic rings. The monoisotopic (exact) mass is 939 g/mol. The van der Waals surface area contributed by atoms with E-state index in [-0.39, 0.29) is 16.2 Å². The van der Waals surface area contributed by atoms with Crippen molar-refractivity contribution in [1.29, 1.82) is 0 Å². The van der Waals surface area contributed by atoms with Gasteiger partial charge >= 0.3 is 0 Å². The molecule has 3 heterocycles. The molecule has 0 atom stereocenters. The molecule has 0 saturated heterocycles. The smallest absolute Gasteiger partial charge is 0.143 e. The van der Waals surface area contributed by atoms with Crippen molar-refractivity contribution in [3.63, 3.8) is 0 Å². The Kier molecular flexibility index (Phi) is 7.80. The molecule has 4 heteroatoms. The van der Waals surface area contributed by atoms with Crippen LogP contribution in [0.1, 0.15) is 74.9 Å². The third kappa shape index (κ3) is 5.25. The molecule has 0 saturated carbocycles. The van der Waals surface area contributed by atoms with Gasteiger partial charge in [0.1, 0.15) is 33.5 Å². The molecular formula is C69H49NO3. The molecule has 0 unspecified atom stereocenters. The third-order valence-corrected chi connectivity index (χ3v) is 17.4. The largest absolute Gasteiger partial charge is 0.456 e. The maximum absolute atomic E-state index is 6.97. The minimum absolute atomic E-state index is 0.176. The number of benzene rings is 10. The first-order valence-corrected chi connectivity index (χ1v) is 25.7. The zero-order valence-corrected chi connectivity index (χ0v) is 41.6. The Hall–Kier alpha value is -8.60. The van der Waals surface area contributed by atoms with Gasteiger partial charge in [-0.2, -0.15) is 0 Å². The van der Waals surface area contributed by atoms with Crippen LogP contribution in [0.2, 0.25) is 0 Å². The number of hydrogen-bond donors (Lipinski definition) is 0. The second-order valence-electron chi connectivity index (χ2n) is 22.3. The van der Waals surface area contributed by atoms with E-state index in [1.54, 1.807) is 0 Å². The van der Waals surface area contributed by atoms with Crippen LogP contribution in [0, 0.1) is 0 Å². The number of nitrogens with zero attached hydrogens (tertiary/aromatic N) is 1. The van der Waals surface area contributed by atoms with Gasteiger partial charge in [0.05, 0.1) is 0 Å². The Balaban J connectivity index is 0.857. The van der Waals surface area contributed by atoms with Gasteiger partial charge in [-0.3, -0.25) is 0 Å². The van der Waals surface area contributed by atoms with Gasteiger partial charge in [-0.15, -0.1) is 0 Å². The van der Waals surface area contributed by atoms with Crippen molar-refractivity contribution in [3.8, 4) is 44.5 Å². The van der Waals surface area contributed by atoms with Crippen LogP contribution in [0.5, 0.6) is 0 Å². The van der Waals surface area contributed by atoms with Crippen molar-refractivity contribution >= 4 is 82.9 Å². The van der Waals surface area contributed by atoms with Crippen LogP contribution in [0.25, 0.3) is 110 Å². The molecule has 0 fully saturated rings. The Morgan fingerprint density at radius 2 is 0.781 bits per heavy atom. The van der Waals surface area contributed by atoms with E-state index in [4.69, 9.17) is 13.3 Å². The number of fused-ring (bicyclic) bond motifs is 20. The summed E-state index contributed by atoms with van der Waals surface area (Å²) in [5.74, 6) is 0. The van der Waals surface area contributed by atoms with Crippen molar-refractivity contribution < 1.29 is 13.3 Å². The summed E-state index contributed by atoms with van der Waals surface area (Å²) in [6, 6.07) is 68.9. The SMILES string of the molecule is CC1(C)c2cc(N(c3ccccc3)c3ccc4c(c3)C(C)(C)c3cc(-c5cccc6oc7ccccc7c56)c5oc6ccccc6c5c3-4)ccc2-c2cc3c(cc21)-c1c(ccc2oc4ccccc4c12)C3(C)C. The van der Waals surface area contributed by atoms with E-state index in [9.17, 15) is 0 Å². The fraction of sp³-hybridized carbons (Fsp3) is 0.130. The molecule has 10 aromatic carbocycles. The van der Waals surface area contributed by atoms with Crippen LogP contribution < -0.4 is 4.90 Å². The van der Waals surface area contributed by atoms with Crippen LogP contribution in [0.15, 0.2) is 201 Å². The van der Waals surface area contributed by atoms with Gasteiger partial charge in [0.2, 0.25) is 0 Å². The Bertz CT molecular complexity index is 4590. The van der Waals surface area contributed by atoms with Gasteiger partial charge in [-0.25, -0.2) is 0 Å². The predicted molar refractivity (Wildman–Crippen MR) is 301 cm³/mol. The zero-order valence-electron chi connectivity index (χ0n) is 41.6. The number of hydrogen-bond acceptors (Lipinski definition) is 4. The van der Waals surface area contributed by atoms with Crippen molar-refractivity contribution in [2.45, 2.75) is 57.8 Å². The third-order valence-electron chi connectivity index (χ3n) is 17.4. The van der Waals surface area contributed by atoms with Gasteiger partial charge in [-0.1, -0.05) is 145 Å². The average molecular weight is 940 g/mol. The summed E-state index contributed by atoms with van der Waals surface area (Å²) in [5, 5.41) is 6.90. The van der Waals surface area contributed by atoms with Gasteiger partial charge in [0.25, 0.3) is 0 Å². The lowest BCUT2D eigenvalue weighted by Crippen LogP contribution is -2.18. The number of para-hydroxylation sites is 4. The molecule has 3 aromatic heterocycles. The highest BCUT2D eigenvalue weighted by Gasteiger charge is 2.44. The van der Waals surface area contributed by atoms with Gasteiger partial charge in [-0.05, 0) is 157 Å². The molecule has 348 valence electrons. The summed E-state index contributed by atoms with van der Waals surface area (Å²) in [7, 11) is 0. The molecule has 0 radical (unpaired) electrons. The molecule has 0 amide bonds. The topological polar surface area (TPSA) is 42.7 Å². The number of rotatable bonds is 4. The Morgan fingerprint density at radius 1 is 0.288 bits per heavy atom. The second-order valence-corrected chi connectivity index (χ2v) is 22.3. The summed E-state index contributed by atoms with van der Waals surface area (Å²) in [4.78, 5) is 2.46.